The van der Waals surface area contributed by atoms with Crippen molar-refractivity contribution < 1.29 is 14.3 Å². The average Bonchev–Trinajstić information content (AvgIpc) is 3.10. The second kappa shape index (κ2) is 9.30. The smallest absolute Gasteiger partial charge is 0.273 e. The molecule has 0 unspecified atom stereocenters. The highest BCUT2D eigenvalue weighted by Gasteiger charge is 2.33. The van der Waals surface area contributed by atoms with Gasteiger partial charge < -0.3 is 25.2 Å². The minimum Gasteiger partial charge on any atom is -0.378 e. The number of nitrogens with one attached hydrogen (secondary N) is 2. The van der Waals surface area contributed by atoms with Crippen molar-refractivity contribution >= 4 is 35.0 Å². The molecule has 0 saturated carbocycles. The quantitative estimate of drug-likeness (QED) is 0.705. The topological polar surface area (TPSA) is 99.7 Å². The molecule has 0 atom stereocenters. The van der Waals surface area contributed by atoms with Gasteiger partial charge in [-0.2, -0.15) is 4.98 Å². The average molecular weight is 425 g/mol. The van der Waals surface area contributed by atoms with Crippen LogP contribution in [0.4, 0.5) is 23.1 Å². The predicted octanol–water partition coefficient (Wildman–Crippen LogP) is 2.77. The van der Waals surface area contributed by atoms with Gasteiger partial charge in [-0.15, -0.1) is 0 Å². The first kappa shape index (κ1) is 21.0. The number of aromatic nitrogens is 2. The van der Waals surface area contributed by atoms with Crippen molar-refractivity contribution in [3.05, 3.63) is 35.5 Å². The second-order valence-corrected chi connectivity index (χ2v) is 7.63. The molecule has 1 aromatic carbocycles. The van der Waals surface area contributed by atoms with Gasteiger partial charge in [0.05, 0.1) is 19.8 Å². The zero-order chi connectivity index (χ0) is 21.8. The number of anilines is 4. The van der Waals surface area contributed by atoms with Gasteiger partial charge in [-0.1, -0.05) is 19.9 Å². The van der Waals surface area contributed by atoms with E-state index in [1.54, 1.807) is 0 Å². The highest BCUT2D eigenvalue weighted by atomic mass is 16.5. The van der Waals surface area contributed by atoms with E-state index in [0.29, 0.717) is 69.0 Å². The van der Waals surface area contributed by atoms with Gasteiger partial charge in [-0.25, -0.2) is 4.98 Å². The molecular formula is C22H28N6O3. The van der Waals surface area contributed by atoms with E-state index in [1.807, 2.05) is 41.0 Å². The molecule has 0 radical (unpaired) electrons. The monoisotopic (exact) mass is 424 g/mol. The van der Waals surface area contributed by atoms with Crippen LogP contribution in [-0.4, -0.2) is 59.5 Å². The first-order valence-corrected chi connectivity index (χ1v) is 10.8. The maximum absolute atomic E-state index is 13.0. The molecule has 2 amide bonds. The summed E-state index contributed by atoms with van der Waals surface area (Å²) in [6.07, 6.45) is 1.29. The Morgan fingerprint density at radius 1 is 1.16 bits per heavy atom. The van der Waals surface area contributed by atoms with Crippen LogP contribution in [0.5, 0.6) is 0 Å². The lowest BCUT2D eigenvalue weighted by Crippen LogP contribution is -2.37. The molecule has 0 spiro atoms. The third kappa shape index (κ3) is 4.61. The summed E-state index contributed by atoms with van der Waals surface area (Å²) in [6.45, 7) is 7.62. The number of rotatable bonds is 7. The number of hydrogen-bond acceptors (Lipinski definition) is 7. The molecule has 9 heteroatoms. The Hall–Kier alpha value is -3.20. The number of carbonyl (C=O) groups is 2. The van der Waals surface area contributed by atoms with Crippen LogP contribution in [0.15, 0.2) is 24.3 Å². The van der Waals surface area contributed by atoms with E-state index < -0.39 is 0 Å². The summed E-state index contributed by atoms with van der Waals surface area (Å²) in [5, 5.41) is 6.23. The third-order valence-electron chi connectivity index (χ3n) is 5.35. The SMILES string of the molecule is CCCN1Cc2c(Nc3cccc(NC(=O)CC)c3)nc(N3CCOCC3)nc2C1=O. The Kier molecular flexibility index (Phi) is 6.31. The Morgan fingerprint density at radius 2 is 1.94 bits per heavy atom. The summed E-state index contributed by atoms with van der Waals surface area (Å²) in [7, 11) is 0. The van der Waals surface area contributed by atoms with Gasteiger partial charge in [0.15, 0.2) is 0 Å². The summed E-state index contributed by atoms with van der Waals surface area (Å²) in [6, 6.07) is 7.48. The zero-order valence-corrected chi connectivity index (χ0v) is 18.0. The van der Waals surface area contributed by atoms with E-state index in [2.05, 4.69) is 22.5 Å². The van der Waals surface area contributed by atoms with Crippen LogP contribution in [0.2, 0.25) is 0 Å². The molecule has 2 aromatic rings. The molecule has 9 nitrogen and oxygen atoms in total. The van der Waals surface area contributed by atoms with Gasteiger partial charge in [0, 0.05) is 43.0 Å². The summed E-state index contributed by atoms with van der Waals surface area (Å²) in [4.78, 5) is 38.0. The van der Waals surface area contributed by atoms with Crippen molar-refractivity contribution in [2.24, 2.45) is 0 Å². The largest absolute Gasteiger partial charge is 0.378 e. The van der Waals surface area contributed by atoms with Crippen molar-refractivity contribution in [3.8, 4) is 0 Å². The van der Waals surface area contributed by atoms with E-state index >= 15 is 0 Å². The molecule has 2 aliphatic heterocycles. The van der Waals surface area contributed by atoms with E-state index in [-0.39, 0.29) is 11.8 Å². The summed E-state index contributed by atoms with van der Waals surface area (Å²) in [5.41, 5.74) is 2.75. The molecule has 2 aliphatic rings. The number of amides is 2. The van der Waals surface area contributed by atoms with Crippen molar-refractivity contribution in [2.45, 2.75) is 33.2 Å². The van der Waals surface area contributed by atoms with Gasteiger partial charge in [-0.05, 0) is 24.6 Å². The number of carbonyl (C=O) groups excluding carboxylic acids is 2. The lowest BCUT2D eigenvalue weighted by atomic mass is 10.2. The standard InChI is InChI=1S/C22H28N6O3/c1-3-8-28-14-17-19(21(28)30)25-22(27-9-11-31-12-10-27)26-20(17)24-16-7-5-6-15(13-16)23-18(29)4-2/h5-7,13H,3-4,8-12,14H2,1-2H3,(H,23,29)(H,24,25,26). The Labute approximate surface area is 181 Å². The lowest BCUT2D eigenvalue weighted by molar-refractivity contribution is -0.115. The number of nitrogens with zero attached hydrogens (tertiary/aromatic N) is 4. The first-order valence-electron chi connectivity index (χ1n) is 10.8. The Morgan fingerprint density at radius 3 is 2.68 bits per heavy atom. The maximum atomic E-state index is 13.0. The second-order valence-electron chi connectivity index (χ2n) is 7.63. The minimum absolute atomic E-state index is 0.0458. The number of ether oxygens (including phenoxy) is 1. The van der Waals surface area contributed by atoms with Crippen molar-refractivity contribution in [1.82, 2.24) is 14.9 Å². The van der Waals surface area contributed by atoms with E-state index in [0.717, 1.165) is 17.7 Å². The Bertz CT molecular complexity index is 974. The fourth-order valence-electron chi connectivity index (χ4n) is 3.73. The van der Waals surface area contributed by atoms with Gasteiger partial charge in [0.1, 0.15) is 11.5 Å². The van der Waals surface area contributed by atoms with Crippen LogP contribution in [0.1, 0.15) is 42.7 Å². The van der Waals surface area contributed by atoms with Crippen LogP contribution in [0, 0.1) is 0 Å². The van der Waals surface area contributed by atoms with Gasteiger partial charge in [0.2, 0.25) is 11.9 Å². The highest BCUT2D eigenvalue weighted by molar-refractivity contribution is 5.98. The zero-order valence-electron chi connectivity index (χ0n) is 18.0. The summed E-state index contributed by atoms with van der Waals surface area (Å²) < 4.78 is 5.44. The molecule has 2 N–H and O–H groups in total. The third-order valence-corrected chi connectivity index (χ3v) is 5.35. The number of benzene rings is 1. The van der Waals surface area contributed by atoms with E-state index in [9.17, 15) is 9.59 Å². The lowest BCUT2D eigenvalue weighted by Gasteiger charge is -2.27. The molecule has 1 saturated heterocycles. The number of morpholine rings is 1. The van der Waals surface area contributed by atoms with Crippen LogP contribution in [0.25, 0.3) is 0 Å². The molecule has 1 aromatic heterocycles. The van der Waals surface area contributed by atoms with Crippen LogP contribution in [0.3, 0.4) is 0 Å². The molecule has 4 rings (SSSR count). The van der Waals surface area contributed by atoms with Crippen LogP contribution in [-0.2, 0) is 16.1 Å². The summed E-state index contributed by atoms with van der Waals surface area (Å²) in [5.74, 6) is 1.06. The van der Waals surface area contributed by atoms with Gasteiger partial charge >= 0.3 is 0 Å². The maximum Gasteiger partial charge on any atom is 0.273 e. The fourth-order valence-corrected chi connectivity index (χ4v) is 3.73. The van der Waals surface area contributed by atoms with Crippen molar-refractivity contribution in [2.75, 3.05) is 48.4 Å². The molecule has 3 heterocycles. The van der Waals surface area contributed by atoms with Gasteiger partial charge in [0.25, 0.3) is 5.91 Å². The molecule has 0 aliphatic carbocycles. The fraction of sp³-hybridized carbons (Fsp3) is 0.455. The predicted molar refractivity (Wildman–Crippen MR) is 119 cm³/mol. The Balaban J connectivity index is 1.67. The highest BCUT2D eigenvalue weighted by Crippen LogP contribution is 2.31. The molecule has 31 heavy (non-hydrogen) atoms. The van der Waals surface area contributed by atoms with E-state index in [1.165, 1.54) is 0 Å². The number of fused-ring (bicyclic) bond motifs is 1. The van der Waals surface area contributed by atoms with Crippen LogP contribution >= 0.6 is 0 Å². The normalized spacial score (nSPS) is 15.7. The van der Waals surface area contributed by atoms with Crippen molar-refractivity contribution in [1.29, 1.82) is 0 Å². The van der Waals surface area contributed by atoms with Crippen LogP contribution < -0.4 is 15.5 Å². The van der Waals surface area contributed by atoms with E-state index in [4.69, 9.17) is 9.72 Å². The molecule has 164 valence electrons. The summed E-state index contributed by atoms with van der Waals surface area (Å²) >= 11 is 0. The number of hydrogen-bond donors (Lipinski definition) is 2. The van der Waals surface area contributed by atoms with Crippen molar-refractivity contribution in [3.63, 3.8) is 0 Å². The molecule has 1 fully saturated rings. The minimum atomic E-state index is -0.0548. The van der Waals surface area contributed by atoms with Gasteiger partial charge in [-0.3, -0.25) is 9.59 Å². The molecule has 0 bridgehead atoms. The molecular weight excluding hydrogens is 396 g/mol. The first-order chi connectivity index (χ1) is 15.1.